The van der Waals surface area contributed by atoms with Crippen molar-refractivity contribution in [2.24, 2.45) is 5.92 Å². The lowest BCUT2D eigenvalue weighted by Crippen LogP contribution is -2.18. The quantitative estimate of drug-likeness (QED) is 0.880. The third kappa shape index (κ3) is 3.14. The summed E-state index contributed by atoms with van der Waals surface area (Å²) in [6.45, 7) is 0. The summed E-state index contributed by atoms with van der Waals surface area (Å²) in [6.07, 6.45) is 1.96. The molecule has 2 rings (SSSR count). The van der Waals surface area contributed by atoms with Crippen LogP contribution in [0.1, 0.15) is 18.4 Å². The number of benzene rings is 1. The van der Waals surface area contributed by atoms with Gasteiger partial charge in [0, 0.05) is 6.07 Å². The van der Waals surface area contributed by atoms with Gasteiger partial charge in [-0.1, -0.05) is 0 Å². The number of ether oxygens (including phenoxy) is 1. The fourth-order valence-electron chi connectivity index (χ4n) is 1.65. The molecule has 0 atom stereocenters. The summed E-state index contributed by atoms with van der Waals surface area (Å²) in [5.74, 6) is 0.788. The number of nitriles is 1. The number of methoxy groups -OCH3 is 1. The molecule has 1 N–H and O–H groups in total. The van der Waals surface area contributed by atoms with Crippen LogP contribution in [0.4, 0.5) is 5.69 Å². The van der Waals surface area contributed by atoms with Gasteiger partial charge in [-0.25, -0.2) is 8.42 Å². The largest absolute Gasteiger partial charge is 0.495 e. The van der Waals surface area contributed by atoms with E-state index in [4.69, 9.17) is 10.00 Å². The van der Waals surface area contributed by atoms with Gasteiger partial charge >= 0.3 is 0 Å². The summed E-state index contributed by atoms with van der Waals surface area (Å²) in [5.41, 5.74) is 0.800. The van der Waals surface area contributed by atoms with Crippen molar-refractivity contribution in [2.75, 3.05) is 17.6 Å². The Labute approximate surface area is 106 Å². The highest BCUT2D eigenvalue weighted by Gasteiger charge is 2.28. The molecule has 18 heavy (non-hydrogen) atoms. The standard InChI is InChI=1S/C12H14N2O3S/c1-17-12-6-10(7-13)4-5-11(12)14-18(15,16)8-9-2-3-9/h4-6,9,14H,2-3,8H2,1H3. The molecule has 6 heteroatoms. The van der Waals surface area contributed by atoms with Crippen molar-refractivity contribution >= 4 is 15.7 Å². The number of hydrogen-bond donors (Lipinski definition) is 1. The lowest BCUT2D eigenvalue weighted by Gasteiger charge is -2.11. The van der Waals surface area contributed by atoms with E-state index in [2.05, 4.69) is 4.72 Å². The summed E-state index contributed by atoms with van der Waals surface area (Å²) in [5, 5.41) is 8.76. The van der Waals surface area contributed by atoms with E-state index >= 15 is 0 Å². The number of nitrogens with zero attached hydrogens (tertiary/aromatic N) is 1. The summed E-state index contributed by atoms with van der Waals surface area (Å²) < 4.78 is 31.3. The van der Waals surface area contributed by atoms with E-state index in [1.807, 2.05) is 6.07 Å². The van der Waals surface area contributed by atoms with Gasteiger partial charge in [0.15, 0.2) is 0 Å². The average Bonchev–Trinajstić information content (AvgIpc) is 3.12. The Bertz CT molecular complexity index is 586. The third-order valence-corrected chi connectivity index (χ3v) is 4.19. The molecule has 1 saturated carbocycles. The van der Waals surface area contributed by atoms with Gasteiger partial charge in [-0.05, 0) is 30.9 Å². The Hall–Kier alpha value is -1.74. The monoisotopic (exact) mass is 266 g/mol. The maximum Gasteiger partial charge on any atom is 0.233 e. The van der Waals surface area contributed by atoms with Crippen molar-refractivity contribution in [3.05, 3.63) is 23.8 Å². The Kier molecular flexibility index (Phi) is 3.43. The molecule has 0 aliphatic heterocycles. The number of rotatable bonds is 5. The first kappa shape index (κ1) is 12.7. The van der Waals surface area contributed by atoms with Crippen LogP contribution in [0.3, 0.4) is 0 Å². The second kappa shape index (κ2) is 4.86. The van der Waals surface area contributed by atoms with Crippen molar-refractivity contribution in [1.82, 2.24) is 0 Å². The second-order valence-electron chi connectivity index (χ2n) is 4.35. The number of nitrogens with one attached hydrogen (secondary N) is 1. The van der Waals surface area contributed by atoms with Crippen LogP contribution in [-0.2, 0) is 10.0 Å². The molecule has 0 heterocycles. The van der Waals surface area contributed by atoms with Crippen LogP contribution < -0.4 is 9.46 Å². The lowest BCUT2D eigenvalue weighted by atomic mass is 10.2. The van der Waals surface area contributed by atoms with Crippen LogP contribution in [0.25, 0.3) is 0 Å². The molecule has 0 aromatic heterocycles. The summed E-state index contributed by atoms with van der Waals surface area (Å²) in [7, 11) is -1.90. The van der Waals surface area contributed by atoms with E-state index < -0.39 is 10.0 Å². The predicted octanol–water partition coefficient (Wildman–Crippen LogP) is 1.72. The molecule has 0 saturated heterocycles. The van der Waals surface area contributed by atoms with Gasteiger partial charge < -0.3 is 4.74 Å². The highest BCUT2D eigenvalue weighted by molar-refractivity contribution is 7.92. The zero-order valence-corrected chi connectivity index (χ0v) is 10.8. The van der Waals surface area contributed by atoms with Crippen LogP contribution in [-0.4, -0.2) is 21.3 Å². The Balaban J connectivity index is 2.20. The topological polar surface area (TPSA) is 79.2 Å². The Morgan fingerprint density at radius 2 is 2.22 bits per heavy atom. The summed E-state index contributed by atoms with van der Waals surface area (Å²) >= 11 is 0. The van der Waals surface area contributed by atoms with E-state index in [0.717, 1.165) is 12.8 Å². The molecule has 0 spiro atoms. The smallest absolute Gasteiger partial charge is 0.233 e. The molecule has 1 aromatic rings. The zero-order chi connectivity index (χ0) is 13.2. The summed E-state index contributed by atoms with van der Waals surface area (Å²) in [6, 6.07) is 6.58. The minimum absolute atomic E-state index is 0.149. The van der Waals surface area contributed by atoms with Crippen LogP contribution in [0.2, 0.25) is 0 Å². The maximum absolute atomic E-state index is 11.8. The van der Waals surface area contributed by atoms with Crippen molar-refractivity contribution in [3.63, 3.8) is 0 Å². The average molecular weight is 266 g/mol. The van der Waals surface area contributed by atoms with Crippen LogP contribution in [0.15, 0.2) is 18.2 Å². The summed E-state index contributed by atoms with van der Waals surface area (Å²) in [4.78, 5) is 0. The molecule has 96 valence electrons. The van der Waals surface area contributed by atoms with Gasteiger partial charge in [0.25, 0.3) is 0 Å². The van der Waals surface area contributed by atoms with Gasteiger partial charge in [0.05, 0.1) is 30.2 Å². The maximum atomic E-state index is 11.8. The molecule has 0 bridgehead atoms. The number of hydrogen-bond acceptors (Lipinski definition) is 4. The molecule has 1 aliphatic rings. The first-order valence-corrected chi connectivity index (χ1v) is 7.28. The molecular weight excluding hydrogens is 252 g/mol. The molecular formula is C12H14N2O3S. The first-order chi connectivity index (χ1) is 8.54. The van der Waals surface area contributed by atoms with E-state index in [9.17, 15) is 8.42 Å². The van der Waals surface area contributed by atoms with E-state index in [1.165, 1.54) is 13.2 Å². The van der Waals surface area contributed by atoms with Crippen LogP contribution in [0, 0.1) is 17.2 Å². The zero-order valence-electron chi connectivity index (χ0n) is 10.0. The van der Waals surface area contributed by atoms with Gasteiger partial charge in [0.2, 0.25) is 10.0 Å². The van der Waals surface area contributed by atoms with Gasteiger partial charge in [0.1, 0.15) is 5.75 Å². The van der Waals surface area contributed by atoms with Crippen molar-refractivity contribution in [2.45, 2.75) is 12.8 Å². The van der Waals surface area contributed by atoms with E-state index in [0.29, 0.717) is 17.0 Å². The van der Waals surface area contributed by atoms with Crippen LogP contribution in [0.5, 0.6) is 5.75 Å². The molecule has 5 nitrogen and oxygen atoms in total. The van der Waals surface area contributed by atoms with Gasteiger partial charge in [-0.15, -0.1) is 0 Å². The van der Waals surface area contributed by atoms with E-state index in [-0.39, 0.29) is 11.7 Å². The fourth-order valence-corrected chi connectivity index (χ4v) is 3.19. The normalized spacial score (nSPS) is 14.9. The SMILES string of the molecule is COc1cc(C#N)ccc1NS(=O)(=O)CC1CC1. The molecule has 1 aromatic carbocycles. The van der Waals surface area contributed by atoms with Crippen molar-refractivity contribution in [1.29, 1.82) is 5.26 Å². The number of sulfonamides is 1. The molecule has 0 radical (unpaired) electrons. The van der Waals surface area contributed by atoms with Gasteiger partial charge in [-0.2, -0.15) is 5.26 Å². The Morgan fingerprint density at radius 3 is 2.78 bits per heavy atom. The molecule has 0 unspecified atom stereocenters. The Morgan fingerprint density at radius 1 is 1.50 bits per heavy atom. The minimum atomic E-state index is -3.34. The third-order valence-electron chi connectivity index (χ3n) is 2.75. The first-order valence-electron chi connectivity index (χ1n) is 5.62. The molecule has 1 aliphatic carbocycles. The molecule has 1 fully saturated rings. The van der Waals surface area contributed by atoms with E-state index in [1.54, 1.807) is 12.1 Å². The lowest BCUT2D eigenvalue weighted by molar-refractivity contribution is 0.416. The van der Waals surface area contributed by atoms with Gasteiger partial charge in [-0.3, -0.25) is 4.72 Å². The van der Waals surface area contributed by atoms with Crippen LogP contribution >= 0.6 is 0 Å². The second-order valence-corrected chi connectivity index (χ2v) is 6.12. The highest BCUT2D eigenvalue weighted by atomic mass is 32.2. The van der Waals surface area contributed by atoms with Crippen molar-refractivity contribution in [3.8, 4) is 11.8 Å². The molecule has 0 amide bonds. The van der Waals surface area contributed by atoms with Crippen molar-refractivity contribution < 1.29 is 13.2 Å². The fraction of sp³-hybridized carbons (Fsp3) is 0.417. The highest BCUT2D eigenvalue weighted by Crippen LogP contribution is 2.32. The number of anilines is 1. The predicted molar refractivity (Wildman–Crippen MR) is 67.8 cm³/mol. The minimum Gasteiger partial charge on any atom is -0.495 e.